The molecule has 0 bridgehead atoms. The number of aromatic nitrogens is 2. The molecule has 21 heavy (non-hydrogen) atoms. The molecule has 0 amide bonds. The van der Waals surface area contributed by atoms with Crippen LogP contribution < -0.4 is 10.1 Å². The molecule has 0 aliphatic rings. The van der Waals surface area contributed by atoms with E-state index in [4.69, 9.17) is 16.3 Å². The summed E-state index contributed by atoms with van der Waals surface area (Å²) in [7, 11) is 1.44. The van der Waals surface area contributed by atoms with E-state index >= 15 is 0 Å². The van der Waals surface area contributed by atoms with Crippen molar-refractivity contribution in [1.29, 1.82) is 0 Å². The molecule has 0 aliphatic heterocycles. The molecule has 0 saturated heterocycles. The first kappa shape index (κ1) is 15.1. The van der Waals surface area contributed by atoms with E-state index in [0.717, 1.165) is 0 Å². The van der Waals surface area contributed by atoms with Crippen molar-refractivity contribution in [3.63, 3.8) is 0 Å². The lowest BCUT2D eigenvalue weighted by Gasteiger charge is -2.11. The maximum atomic E-state index is 13.7. The van der Waals surface area contributed by atoms with E-state index in [1.54, 1.807) is 6.07 Å². The molecule has 5 nitrogen and oxygen atoms in total. The molecule has 0 radical (unpaired) electrons. The zero-order valence-electron chi connectivity index (χ0n) is 11.4. The van der Waals surface area contributed by atoms with Crippen LogP contribution in [0.4, 0.5) is 10.2 Å². The first-order valence-electron chi connectivity index (χ1n) is 5.94. The molecule has 0 saturated carbocycles. The van der Waals surface area contributed by atoms with Gasteiger partial charge in [-0.05, 0) is 13.0 Å². The van der Waals surface area contributed by atoms with E-state index in [0.29, 0.717) is 22.5 Å². The van der Waals surface area contributed by atoms with Crippen LogP contribution >= 0.6 is 11.6 Å². The molecule has 1 heterocycles. The summed E-state index contributed by atoms with van der Waals surface area (Å²) < 4.78 is 18.7. The number of fused-ring (bicyclic) bond motifs is 1. The van der Waals surface area contributed by atoms with Crippen molar-refractivity contribution in [2.75, 3.05) is 12.4 Å². The number of benzene rings is 1. The molecule has 0 spiro atoms. The summed E-state index contributed by atoms with van der Waals surface area (Å²) in [5.74, 6) is -0.101. The largest absolute Gasteiger partial charge is 0.504 e. The minimum atomic E-state index is -0.666. The Morgan fingerprint density at radius 2 is 2.14 bits per heavy atom. The number of anilines is 1. The lowest BCUT2D eigenvalue weighted by atomic mass is 10.2. The third-order valence-electron chi connectivity index (χ3n) is 2.81. The number of nitrogens with one attached hydrogen (secondary N) is 1. The van der Waals surface area contributed by atoms with E-state index in [2.05, 4.69) is 21.9 Å². The van der Waals surface area contributed by atoms with Crippen LogP contribution in [0.1, 0.15) is 6.92 Å². The molecule has 1 aromatic carbocycles. The van der Waals surface area contributed by atoms with Crippen molar-refractivity contribution in [1.82, 2.24) is 9.97 Å². The van der Waals surface area contributed by atoms with E-state index in [-0.39, 0.29) is 16.5 Å². The molecule has 0 atom stereocenters. The lowest BCUT2D eigenvalue weighted by Crippen LogP contribution is -2.02. The molecule has 0 unspecified atom stereocenters. The third kappa shape index (κ3) is 3.05. The summed E-state index contributed by atoms with van der Waals surface area (Å²) in [6.07, 6.45) is 1.32. The van der Waals surface area contributed by atoms with E-state index in [1.165, 1.54) is 26.4 Å². The van der Waals surface area contributed by atoms with Crippen molar-refractivity contribution < 1.29 is 14.2 Å². The van der Waals surface area contributed by atoms with Gasteiger partial charge >= 0.3 is 0 Å². The molecule has 2 aromatic rings. The van der Waals surface area contributed by atoms with Gasteiger partial charge in [-0.2, -0.15) is 0 Å². The number of hydrogen-bond acceptors (Lipinski definition) is 5. The van der Waals surface area contributed by atoms with Gasteiger partial charge in [-0.15, -0.1) is 0 Å². The maximum absolute atomic E-state index is 13.7. The minimum absolute atomic E-state index is 0.0632. The second-order valence-electron chi connectivity index (χ2n) is 4.23. The minimum Gasteiger partial charge on any atom is -0.504 e. The van der Waals surface area contributed by atoms with Crippen LogP contribution in [0.3, 0.4) is 0 Å². The topological polar surface area (TPSA) is 67.3 Å². The number of allylic oxidation sites excluding steroid dienone is 3. The average Bonchev–Trinajstić information content (AvgIpc) is 2.46. The van der Waals surface area contributed by atoms with Gasteiger partial charge in [0.2, 0.25) is 0 Å². The Morgan fingerprint density at radius 3 is 2.76 bits per heavy atom. The van der Waals surface area contributed by atoms with Gasteiger partial charge in [0.15, 0.2) is 17.3 Å². The standard InChI is InChI=1S/C14H13ClFN3O2/c1-7(15)13(16)8(2)19-14-9-4-11(20)12(21-3)5-10(9)17-6-18-14/h4-6,20H,1H2,2-3H3,(H,17,18,19)/b13-8-. The smallest absolute Gasteiger partial charge is 0.162 e. The molecule has 0 fully saturated rings. The summed E-state index contributed by atoms with van der Waals surface area (Å²) in [6, 6.07) is 3.00. The molecular weight excluding hydrogens is 297 g/mol. The Morgan fingerprint density at radius 1 is 1.43 bits per heavy atom. The highest BCUT2D eigenvalue weighted by atomic mass is 35.5. The van der Waals surface area contributed by atoms with Crippen LogP contribution in [-0.4, -0.2) is 22.2 Å². The van der Waals surface area contributed by atoms with Crippen molar-refractivity contribution in [3.05, 3.63) is 41.6 Å². The number of aromatic hydroxyl groups is 1. The fourth-order valence-electron chi connectivity index (χ4n) is 1.77. The van der Waals surface area contributed by atoms with Gasteiger partial charge in [0, 0.05) is 11.5 Å². The number of nitrogens with zero attached hydrogens (tertiary/aromatic N) is 2. The summed E-state index contributed by atoms with van der Waals surface area (Å²) >= 11 is 5.52. The highest BCUT2D eigenvalue weighted by Crippen LogP contribution is 2.33. The number of phenolic OH excluding ortho intramolecular Hbond substituents is 1. The molecular formula is C14H13ClFN3O2. The second kappa shape index (κ2) is 5.97. The predicted octanol–water partition coefficient (Wildman–Crippen LogP) is 3.71. The van der Waals surface area contributed by atoms with Gasteiger partial charge in [0.25, 0.3) is 0 Å². The van der Waals surface area contributed by atoms with Crippen molar-refractivity contribution in [2.24, 2.45) is 0 Å². The fraction of sp³-hybridized carbons (Fsp3) is 0.143. The first-order valence-corrected chi connectivity index (χ1v) is 6.31. The number of hydrogen-bond donors (Lipinski definition) is 2. The fourth-order valence-corrected chi connectivity index (χ4v) is 1.91. The number of halogens is 2. The Kier molecular flexibility index (Phi) is 4.28. The Hall–Kier alpha value is -2.34. The van der Waals surface area contributed by atoms with E-state index in [1.807, 2.05) is 0 Å². The molecule has 0 aliphatic carbocycles. The Bertz CT molecular complexity index is 746. The number of ether oxygens (including phenoxy) is 1. The predicted molar refractivity (Wildman–Crippen MR) is 80.2 cm³/mol. The lowest BCUT2D eigenvalue weighted by molar-refractivity contribution is 0.374. The SMILES string of the molecule is C=C(Cl)/C(F)=C(\C)Nc1ncnc2cc(OC)c(O)cc12. The van der Waals surface area contributed by atoms with Crippen LogP contribution in [0.2, 0.25) is 0 Å². The molecule has 7 heteroatoms. The van der Waals surface area contributed by atoms with Crippen LogP contribution in [0.5, 0.6) is 11.5 Å². The van der Waals surface area contributed by atoms with Gasteiger partial charge in [0.1, 0.15) is 12.1 Å². The molecule has 1 aromatic heterocycles. The van der Waals surface area contributed by atoms with Gasteiger partial charge in [-0.3, -0.25) is 0 Å². The van der Waals surface area contributed by atoms with Gasteiger partial charge in [0.05, 0.1) is 23.4 Å². The quantitative estimate of drug-likeness (QED) is 0.843. The summed E-state index contributed by atoms with van der Waals surface area (Å²) in [4.78, 5) is 8.12. The zero-order valence-corrected chi connectivity index (χ0v) is 12.2. The highest BCUT2D eigenvalue weighted by molar-refractivity contribution is 6.31. The average molecular weight is 310 g/mol. The van der Waals surface area contributed by atoms with E-state index in [9.17, 15) is 9.50 Å². The second-order valence-corrected chi connectivity index (χ2v) is 4.69. The summed E-state index contributed by atoms with van der Waals surface area (Å²) in [5.41, 5.74) is 0.699. The third-order valence-corrected chi connectivity index (χ3v) is 2.98. The first-order chi connectivity index (χ1) is 9.93. The van der Waals surface area contributed by atoms with Crippen LogP contribution in [-0.2, 0) is 0 Å². The van der Waals surface area contributed by atoms with Crippen LogP contribution in [0.15, 0.2) is 41.6 Å². The molecule has 2 N–H and O–H groups in total. The van der Waals surface area contributed by atoms with Crippen molar-refractivity contribution in [3.8, 4) is 11.5 Å². The summed E-state index contributed by atoms with van der Waals surface area (Å²) in [6.45, 7) is 4.82. The van der Waals surface area contributed by atoms with Crippen molar-refractivity contribution >= 4 is 28.3 Å². The zero-order chi connectivity index (χ0) is 15.6. The van der Waals surface area contributed by atoms with E-state index < -0.39 is 5.83 Å². The van der Waals surface area contributed by atoms with Gasteiger partial charge < -0.3 is 15.2 Å². The maximum Gasteiger partial charge on any atom is 0.162 e. The number of phenols is 1. The van der Waals surface area contributed by atoms with Gasteiger partial charge in [-0.25, -0.2) is 14.4 Å². The molecule has 2 rings (SSSR count). The Balaban J connectivity index is 2.53. The number of rotatable bonds is 4. The molecule has 110 valence electrons. The Labute approximate surface area is 125 Å². The highest BCUT2D eigenvalue weighted by Gasteiger charge is 2.11. The summed E-state index contributed by atoms with van der Waals surface area (Å²) in [5, 5.41) is 12.9. The van der Waals surface area contributed by atoms with Gasteiger partial charge in [-0.1, -0.05) is 18.2 Å². The van der Waals surface area contributed by atoms with Crippen LogP contribution in [0.25, 0.3) is 10.9 Å². The monoisotopic (exact) mass is 309 g/mol. The van der Waals surface area contributed by atoms with Crippen LogP contribution in [0, 0.1) is 0 Å². The number of methoxy groups -OCH3 is 1. The normalized spacial score (nSPS) is 12.0. The van der Waals surface area contributed by atoms with Crippen molar-refractivity contribution in [2.45, 2.75) is 6.92 Å².